The summed E-state index contributed by atoms with van der Waals surface area (Å²) in [5.74, 6) is 4.55. The fourth-order valence-electron chi connectivity index (χ4n) is 0.381. The molecule has 0 amide bonds. The van der Waals surface area contributed by atoms with Crippen LogP contribution in [0.2, 0.25) is 0 Å². The van der Waals surface area contributed by atoms with Gasteiger partial charge in [-0.2, -0.15) is 5.90 Å². The maximum absolute atomic E-state index is 10.3. The van der Waals surface area contributed by atoms with Crippen LogP contribution < -0.4 is 5.90 Å². The van der Waals surface area contributed by atoms with Gasteiger partial charge in [0.2, 0.25) is 0 Å². The van der Waals surface area contributed by atoms with Crippen LogP contribution in [0.25, 0.3) is 0 Å². The molecule has 0 spiro atoms. The van der Waals surface area contributed by atoms with Gasteiger partial charge < -0.3 is 4.84 Å². The summed E-state index contributed by atoms with van der Waals surface area (Å²) in [7, 11) is 0. The van der Waals surface area contributed by atoms with Gasteiger partial charge in [0.05, 0.1) is 0 Å². The Labute approximate surface area is 74.5 Å². The molecule has 0 aliphatic carbocycles. The van der Waals surface area contributed by atoms with E-state index in [-0.39, 0.29) is 5.97 Å². The SMILES string of the molecule is C=C(C)C.CC(C)CC(=O)ON. The smallest absolute Gasteiger partial charge is 0.324 e. The van der Waals surface area contributed by atoms with Crippen molar-refractivity contribution in [3.8, 4) is 0 Å². The molecule has 0 aromatic heterocycles. The summed E-state index contributed by atoms with van der Waals surface area (Å²) in [6.07, 6.45) is 0.399. The average Bonchev–Trinajstić information content (AvgIpc) is 1.84. The largest absolute Gasteiger partial charge is 0.373 e. The van der Waals surface area contributed by atoms with Crippen molar-refractivity contribution >= 4 is 5.97 Å². The summed E-state index contributed by atoms with van der Waals surface area (Å²) in [4.78, 5) is 14.2. The van der Waals surface area contributed by atoms with Crippen molar-refractivity contribution in [1.82, 2.24) is 0 Å². The van der Waals surface area contributed by atoms with Crippen LogP contribution >= 0.6 is 0 Å². The molecule has 0 heterocycles. The van der Waals surface area contributed by atoms with Gasteiger partial charge in [-0.25, -0.2) is 0 Å². The van der Waals surface area contributed by atoms with Gasteiger partial charge in [0.15, 0.2) is 0 Å². The molecule has 0 fully saturated rings. The van der Waals surface area contributed by atoms with Gasteiger partial charge in [-0.1, -0.05) is 19.4 Å². The summed E-state index contributed by atoms with van der Waals surface area (Å²) >= 11 is 0. The first-order valence-electron chi connectivity index (χ1n) is 3.91. The minimum Gasteiger partial charge on any atom is -0.373 e. The molecule has 0 aromatic carbocycles. The predicted octanol–water partition coefficient (Wildman–Crippen LogP) is 2.03. The zero-order valence-electron chi connectivity index (χ0n) is 8.39. The topological polar surface area (TPSA) is 52.3 Å². The highest BCUT2D eigenvalue weighted by Gasteiger charge is 2.02. The highest BCUT2D eigenvalue weighted by atomic mass is 16.7. The molecule has 0 radical (unpaired) electrons. The Morgan fingerprint density at radius 1 is 1.50 bits per heavy atom. The van der Waals surface area contributed by atoms with Crippen molar-refractivity contribution < 1.29 is 9.63 Å². The summed E-state index contributed by atoms with van der Waals surface area (Å²) < 4.78 is 0. The minimum atomic E-state index is -0.347. The van der Waals surface area contributed by atoms with E-state index >= 15 is 0 Å². The predicted molar refractivity (Wildman–Crippen MR) is 50.2 cm³/mol. The van der Waals surface area contributed by atoms with Gasteiger partial charge in [0, 0.05) is 6.42 Å². The number of nitrogens with two attached hydrogens (primary N) is 1. The summed E-state index contributed by atoms with van der Waals surface area (Å²) in [6, 6.07) is 0. The molecule has 0 bridgehead atoms. The third-order valence-corrected chi connectivity index (χ3v) is 0.706. The molecule has 0 saturated carbocycles. The number of rotatable bonds is 2. The van der Waals surface area contributed by atoms with Crippen LogP contribution in [0.4, 0.5) is 0 Å². The molecule has 0 atom stereocenters. The second-order valence-electron chi connectivity index (χ2n) is 3.29. The molecule has 0 aliphatic heterocycles. The molecule has 12 heavy (non-hydrogen) atoms. The van der Waals surface area contributed by atoms with Crippen LogP contribution in [0.15, 0.2) is 12.2 Å². The molecule has 72 valence electrons. The summed E-state index contributed by atoms with van der Waals surface area (Å²) in [5.41, 5.74) is 1.17. The Kier molecular flexibility index (Phi) is 9.47. The summed E-state index contributed by atoms with van der Waals surface area (Å²) in [5, 5.41) is 0. The van der Waals surface area contributed by atoms with Gasteiger partial charge in [-0.3, -0.25) is 4.79 Å². The Balaban J connectivity index is 0. The van der Waals surface area contributed by atoms with Crippen molar-refractivity contribution in [3.63, 3.8) is 0 Å². The highest BCUT2D eigenvalue weighted by molar-refractivity contribution is 5.69. The Morgan fingerprint density at radius 3 is 1.92 bits per heavy atom. The third kappa shape index (κ3) is 22.9. The fraction of sp³-hybridized carbons (Fsp3) is 0.667. The van der Waals surface area contributed by atoms with Crippen LogP contribution in [0, 0.1) is 5.92 Å². The molecule has 0 aliphatic rings. The van der Waals surface area contributed by atoms with E-state index in [9.17, 15) is 4.79 Å². The fourth-order valence-corrected chi connectivity index (χ4v) is 0.381. The molecule has 0 aromatic rings. The Hall–Kier alpha value is -0.830. The summed E-state index contributed by atoms with van der Waals surface area (Å²) in [6.45, 7) is 11.4. The van der Waals surface area contributed by atoms with E-state index in [0.29, 0.717) is 12.3 Å². The van der Waals surface area contributed by atoms with Crippen molar-refractivity contribution in [3.05, 3.63) is 12.2 Å². The normalized spacial score (nSPS) is 8.50. The molecular weight excluding hydrogens is 154 g/mol. The number of hydrogen-bond donors (Lipinski definition) is 1. The van der Waals surface area contributed by atoms with E-state index in [4.69, 9.17) is 0 Å². The first-order valence-corrected chi connectivity index (χ1v) is 3.91. The van der Waals surface area contributed by atoms with Gasteiger partial charge >= 0.3 is 5.97 Å². The first kappa shape index (κ1) is 13.7. The van der Waals surface area contributed by atoms with Crippen LogP contribution in [0.5, 0.6) is 0 Å². The van der Waals surface area contributed by atoms with E-state index in [1.807, 2.05) is 27.7 Å². The average molecular weight is 173 g/mol. The van der Waals surface area contributed by atoms with Gasteiger partial charge in [0.25, 0.3) is 0 Å². The number of hydrogen-bond acceptors (Lipinski definition) is 3. The number of allylic oxidation sites excluding steroid dienone is 1. The van der Waals surface area contributed by atoms with Crippen LogP contribution in [-0.4, -0.2) is 5.97 Å². The molecule has 0 saturated heterocycles. The lowest BCUT2D eigenvalue weighted by Gasteiger charge is -1.98. The van der Waals surface area contributed by atoms with Crippen molar-refractivity contribution in [2.24, 2.45) is 11.8 Å². The van der Waals surface area contributed by atoms with E-state index in [1.165, 1.54) is 5.57 Å². The lowest BCUT2D eigenvalue weighted by molar-refractivity contribution is -0.145. The lowest BCUT2D eigenvalue weighted by Crippen LogP contribution is -2.11. The molecule has 0 rings (SSSR count). The highest BCUT2D eigenvalue weighted by Crippen LogP contribution is 1.98. The molecular formula is C9H19NO2. The lowest BCUT2D eigenvalue weighted by atomic mass is 10.1. The van der Waals surface area contributed by atoms with Crippen molar-refractivity contribution in [1.29, 1.82) is 0 Å². The number of carbonyl (C=O) groups excluding carboxylic acids is 1. The monoisotopic (exact) mass is 173 g/mol. The van der Waals surface area contributed by atoms with E-state index < -0.39 is 0 Å². The van der Waals surface area contributed by atoms with Gasteiger partial charge in [-0.05, 0) is 19.8 Å². The van der Waals surface area contributed by atoms with Gasteiger partial charge in [-0.15, -0.1) is 6.58 Å². The molecule has 3 nitrogen and oxygen atoms in total. The second-order valence-corrected chi connectivity index (χ2v) is 3.29. The molecule has 3 heteroatoms. The van der Waals surface area contributed by atoms with E-state index in [2.05, 4.69) is 17.3 Å². The number of carbonyl (C=O) groups is 1. The van der Waals surface area contributed by atoms with Crippen LogP contribution in [0.1, 0.15) is 34.1 Å². The molecule has 2 N–H and O–H groups in total. The van der Waals surface area contributed by atoms with E-state index in [1.54, 1.807) is 0 Å². The third-order valence-electron chi connectivity index (χ3n) is 0.706. The quantitative estimate of drug-likeness (QED) is 0.513. The Morgan fingerprint density at radius 2 is 1.83 bits per heavy atom. The van der Waals surface area contributed by atoms with Crippen molar-refractivity contribution in [2.45, 2.75) is 34.1 Å². The maximum atomic E-state index is 10.3. The van der Waals surface area contributed by atoms with Crippen LogP contribution in [0.3, 0.4) is 0 Å². The van der Waals surface area contributed by atoms with Crippen LogP contribution in [-0.2, 0) is 9.63 Å². The van der Waals surface area contributed by atoms with E-state index in [0.717, 1.165) is 0 Å². The Bertz CT molecular complexity index is 137. The standard InChI is InChI=1S/C5H11NO2.C4H8/c1-4(2)3-5(7)8-6;1-4(2)3/h4H,3,6H2,1-2H3;1H2,2-3H3. The zero-order chi connectivity index (χ0) is 10.1. The van der Waals surface area contributed by atoms with Gasteiger partial charge in [0.1, 0.15) is 0 Å². The minimum absolute atomic E-state index is 0.325. The molecule has 0 unspecified atom stereocenters. The zero-order valence-corrected chi connectivity index (χ0v) is 8.39. The maximum Gasteiger partial charge on any atom is 0.324 e. The van der Waals surface area contributed by atoms with Crippen molar-refractivity contribution in [2.75, 3.05) is 0 Å². The first-order chi connectivity index (χ1) is 5.40. The second kappa shape index (κ2) is 8.27.